The first-order valence-electron chi connectivity index (χ1n) is 6.95. The zero-order valence-corrected chi connectivity index (χ0v) is 12.6. The van der Waals surface area contributed by atoms with E-state index in [2.05, 4.69) is 32.0 Å². The third-order valence-corrected chi connectivity index (χ3v) is 3.56. The fourth-order valence-corrected chi connectivity index (χ4v) is 2.36. The van der Waals surface area contributed by atoms with Crippen LogP contribution in [-0.4, -0.2) is 5.11 Å². The molecule has 0 amide bonds. The minimum Gasteiger partial charge on any atom is -0.488 e. The van der Waals surface area contributed by atoms with E-state index in [0.29, 0.717) is 6.61 Å². The second-order valence-electron chi connectivity index (χ2n) is 5.39. The number of aliphatic hydroxyl groups is 1. The zero-order valence-electron chi connectivity index (χ0n) is 12.6. The van der Waals surface area contributed by atoms with Crippen molar-refractivity contribution in [2.45, 2.75) is 40.4 Å². The molecular weight excluding hydrogens is 248 g/mol. The third kappa shape index (κ3) is 3.20. The van der Waals surface area contributed by atoms with Gasteiger partial charge in [0, 0.05) is 5.56 Å². The smallest absolute Gasteiger partial charge is 0.128 e. The van der Waals surface area contributed by atoms with Gasteiger partial charge in [-0.25, -0.2) is 0 Å². The van der Waals surface area contributed by atoms with E-state index in [1.807, 2.05) is 25.1 Å². The van der Waals surface area contributed by atoms with E-state index in [1.54, 1.807) is 6.92 Å². The third-order valence-electron chi connectivity index (χ3n) is 3.56. The van der Waals surface area contributed by atoms with Crippen molar-refractivity contribution in [1.29, 1.82) is 0 Å². The summed E-state index contributed by atoms with van der Waals surface area (Å²) in [4.78, 5) is 0. The van der Waals surface area contributed by atoms with E-state index >= 15 is 0 Å². The Labute approximate surface area is 121 Å². The molecule has 20 heavy (non-hydrogen) atoms. The SMILES string of the molecule is Cc1ccc(COc2c(C)cccc2C(C)O)c(C)c1. The summed E-state index contributed by atoms with van der Waals surface area (Å²) in [7, 11) is 0. The van der Waals surface area contributed by atoms with Crippen molar-refractivity contribution in [3.05, 3.63) is 64.2 Å². The Morgan fingerprint density at radius 2 is 1.80 bits per heavy atom. The van der Waals surface area contributed by atoms with E-state index in [-0.39, 0.29) is 0 Å². The lowest BCUT2D eigenvalue weighted by molar-refractivity contribution is 0.189. The molecule has 0 heterocycles. The maximum atomic E-state index is 9.84. The summed E-state index contributed by atoms with van der Waals surface area (Å²) >= 11 is 0. The molecule has 0 saturated carbocycles. The predicted octanol–water partition coefficient (Wildman–Crippen LogP) is 4.24. The zero-order chi connectivity index (χ0) is 14.7. The highest BCUT2D eigenvalue weighted by molar-refractivity contribution is 5.42. The first-order chi connectivity index (χ1) is 9.49. The monoisotopic (exact) mass is 270 g/mol. The van der Waals surface area contributed by atoms with Crippen LogP contribution in [0.15, 0.2) is 36.4 Å². The van der Waals surface area contributed by atoms with Gasteiger partial charge >= 0.3 is 0 Å². The Morgan fingerprint density at radius 1 is 1.05 bits per heavy atom. The average Bonchev–Trinajstić information content (AvgIpc) is 2.38. The van der Waals surface area contributed by atoms with Crippen LogP contribution in [0.4, 0.5) is 0 Å². The van der Waals surface area contributed by atoms with E-state index < -0.39 is 6.10 Å². The summed E-state index contributed by atoms with van der Waals surface area (Å²) < 4.78 is 5.98. The summed E-state index contributed by atoms with van der Waals surface area (Å²) in [5.74, 6) is 0.794. The van der Waals surface area contributed by atoms with Gasteiger partial charge in [-0.1, -0.05) is 42.0 Å². The quantitative estimate of drug-likeness (QED) is 0.900. The van der Waals surface area contributed by atoms with Gasteiger partial charge in [-0.05, 0) is 44.4 Å². The number of ether oxygens (including phenoxy) is 1. The minimum absolute atomic E-state index is 0.524. The first kappa shape index (κ1) is 14.6. The van der Waals surface area contributed by atoms with Crippen LogP contribution >= 0.6 is 0 Å². The van der Waals surface area contributed by atoms with Crippen LogP contribution in [0.5, 0.6) is 5.75 Å². The van der Waals surface area contributed by atoms with Crippen molar-refractivity contribution < 1.29 is 9.84 Å². The predicted molar refractivity (Wildman–Crippen MR) is 82.1 cm³/mol. The lowest BCUT2D eigenvalue weighted by Gasteiger charge is -2.16. The van der Waals surface area contributed by atoms with Crippen LogP contribution in [0.3, 0.4) is 0 Å². The standard InChI is InChI=1S/C18H22O2/c1-12-8-9-16(14(3)10-12)11-20-18-13(2)6-5-7-17(18)15(4)19/h5-10,15,19H,11H2,1-4H3. The Balaban J connectivity index is 2.23. The summed E-state index contributed by atoms with van der Waals surface area (Å²) in [6.07, 6.45) is -0.524. The number of hydrogen-bond donors (Lipinski definition) is 1. The largest absolute Gasteiger partial charge is 0.488 e. The molecule has 2 heteroatoms. The van der Waals surface area contributed by atoms with Crippen LogP contribution in [0, 0.1) is 20.8 Å². The Hall–Kier alpha value is -1.80. The van der Waals surface area contributed by atoms with Gasteiger partial charge in [0.25, 0.3) is 0 Å². The molecule has 0 radical (unpaired) electrons. The molecular formula is C18H22O2. The molecule has 0 fully saturated rings. The maximum Gasteiger partial charge on any atom is 0.128 e. The molecule has 0 aliphatic heterocycles. The maximum absolute atomic E-state index is 9.84. The summed E-state index contributed by atoms with van der Waals surface area (Å²) in [5, 5.41) is 9.84. The van der Waals surface area contributed by atoms with Gasteiger partial charge in [0.2, 0.25) is 0 Å². The van der Waals surface area contributed by atoms with Crippen molar-refractivity contribution in [1.82, 2.24) is 0 Å². The van der Waals surface area contributed by atoms with Gasteiger partial charge in [0.05, 0.1) is 6.10 Å². The van der Waals surface area contributed by atoms with Crippen molar-refractivity contribution in [3.63, 3.8) is 0 Å². The molecule has 0 bridgehead atoms. The second kappa shape index (κ2) is 6.10. The van der Waals surface area contributed by atoms with Gasteiger partial charge in [-0.3, -0.25) is 0 Å². The molecule has 1 unspecified atom stereocenters. The lowest BCUT2D eigenvalue weighted by atomic mass is 10.0. The molecule has 0 aromatic heterocycles. The van der Waals surface area contributed by atoms with Crippen molar-refractivity contribution in [2.75, 3.05) is 0 Å². The van der Waals surface area contributed by atoms with Crippen molar-refractivity contribution in [2.24, 2.45) is 0 Å². The van der Waals surface area contributed by atoms with E-state index in [4.69, 9.17) is 4.74 Å². The molecule has 1 atom stereocenters. The van der Waals surface area contributed by atoms with Gasteiger partial charge in [-0.15, -0.1) is 0 Å². The van der Waals surface area contributed by atoms with Crippen LogP contribution in [0.2, 0.25) is 0 Å². The molecule has 0 aliphatic carbocycles. The van der Waals surface area contributed by atoms with Crippen LogP contribution < -0.4 is 4.74 Å². The summed E-state index contributed by atoms with van der Waals surface area (Å²) in [6, 6.07) is 12.2. The topological polar surface area (TPSA) is 29.5 Å². The fourth-order valence-electron chi connectivity index (χ4n) is 2.36. The van der Waals surface area contributed by atoms with E-state index in [0.717, 1.165) is 16.9 Å². The van der Waals surface area contributed by atoms with Gasteiger partial charge < -0.3 is 9.84 Å². The molecule has 106 valence electrons. The number of benzene rings is 2. The van der Waals surface area contributed by atoms with Gasteiger partial charge in [0.1, 0.15) is 12.4 Å². The molecule has 0 spiro atoms. The molecule has 2 rings (SSSR count). The second-order valence-corrected chi connectivity index (χ2v) is 5.39. The summed E-state index contributed by atoms with van der Waals surface area (Å²) in [5.41, 5.74) is 5.56. The van der Waals surface area contributed by atoms with Crippen LogP contribution in [-0.2, 0) is 6.61 Å². The highest BCUT2D eigenvalue weighted by atomic mass is 16.5. The molecule has 0 saturated heterocycles. The number of hydrogen-bond acceptors (Lipinski definition) is 2. The molecule has 1 N–H and O–H groups in total. The molecule has 2 nitrogen and oxygen atoms in total. The lowest BCUT2D eigenvalue weighted by Crippen LogP contribution is -2.04. The van der Waals surface area contributed by atoms with Gasteiger partial charge in [0.15, 0.2) is 0 Å². The van der Waals surface area contributed by atoms with Crippen LogP contribution in [0.1, 0.15) is 40.8 Å². The number of aliphatic hydroxyl groups excluding tert-OH is 1. The Kier molecular flexibility index (Phi) is 4.46. The molecule has 0 aliphatic rings. The van der Waals surface area contributed by atoms with E-state index in [9.17, 15) is 5.11 Å². The normalized spacial score (nSPS) is 12.2. The minimum atomic E-state index is -0.524. The highest BCUT2D eigenvalue weighted by Crippen LogP contribution is 2.29. The number of para-hydroxylation sites is 1. The van der Waals surface area contributed by atoms with Crippen LogP contribution in [0.25, 0.3) is 0 Å². The number of aryl methyl sites for hydroxylation is 3. The first-order valence-corrected chi connectivity index (χ1v) is 6.95. The highest BCUT2D eigenvalue weighted by Gasteiger charge is 2.12. The average molecular weight is 270 g/mol. The Bertz CT molecular complexity index is 600. The Morgan fingerprint density at radius 3 is 2.45 bits per heavy atom. The van der Waals surface area contributed by atoms with Crippen molar-refractivity contribution in [3.8, 4) is 5.75 Å². The molecule has 2 aromatic carbocycles. The number of rotatable bonds is 4. The van der Waals surface area contributed by atoms with Gasteiger partial charge in [-0.2, -0.15) is 0 Å². The fraction of sp³-hybridized carbons (Fsp3) is 0.333. The van der Waals surface area contributed by atoms with E-state index in [1.165, 1.54) is 16.7 Å². The van der Waals surface area contributed by atoms with Crippen molar-refractivity contribution >= 4 is 0 Å². The summed E-state index contributed by atoms with van der Waals surface area (Å²) in [6.45, 7) is 8.47. The molecule has 2 aromatic rings.